The molecular weight excluding hydrogens is 280 g/mol. The van der Waals surface area contributed by atoms with Crippen LogP contribution in [0, 0.1) is 17.0 Å². The second-order valence-corrected chi connectivity index (χ2v) is 5.03. The van der Waals surface area contributed by atoms with Crippen molar-refractivity contribution >= 4 is 17.2 Å². The summed E-state index contributed by atoms with van der Waals surface area (Å²) < 4.78 is 0. The number of nitro groups is 1. The van der Waals surface area contributed by atoms with Crippen LogP contribution < -0.4 is 10.6 Å². The highest BCUT2D eigenvalue weighted by molar-refractivity contribution is 5.53. The van der Waals surface area contributed by atoms with Crippen LogP contribution in [0.3, 0.4) is 0 Å². The van der Waals surface area contributed by atoms with Gasteiger partial charge in [-0.2, -0.15) is 0 Å². The zero-order chi connectivity index (χ0) is 15.8. The monoisotopic (exact) mass is 300 g/mol. The molecule has 0 atom stereocenters. The summed E-state index contributed by atoms with van der Waals surface area (Å²) in [5.74, 6) is 0.890. The molecule has 2 N–H and O–H groups in total. The maximum Gasteiger partial charge on any atom is 0.272 e. The molecule has 6 heteroatoms. The van der Waals surface area contributed by atoms with Crippen molar-refractivity contribution in [3.05, 3.63) is 58.3 Å². The molecule has 116 valence electrons. The van der Waals surface area contributed by atoms with Crippen LogP contribution >= 0.6 is 0 Å². The average molecular weight is 300 g/mol. The van der Waals surface area contributed by atoms with Gasteiger partial charge in [0, 0.05) is 36.6 Å². The number of hydrogen-bond donors (Lipinski definition) is 2. The van der Waals surface area contributed by atoms with Crippen LogP contribution in [-0.2, 0) is 0 Å². The van der Waals surface area contributed by atoms with Crippen molar-refractivity contribution in [1.82, 2.24) is 4.98 Å². The van der Waals surface area contributed by atoms with E-state index in [0.717, 1.165) is 37.4 Å². The summed E-state index contributed by atoms with van der Waals surface area (Å²) in [7, 11) is 0. The van der Waals surface area contributed by atoms with E-state index in [4.69, 9.17) is 0 Å². The van der Waals surface area contributed by atoms with Gasteiger partial charge in [-0.05, 0) is 44.0 Å². The summed E-state index contributed by atoms with van der Waals surface area (Å²) in [6, 6.07) is 10.9. The van der Waals surface area contributed by atoms with Gasteiger partial charge in [-0.1, -0.05) is 6.07 Å². The third-order valence-electron chi connectivity index (χ3n) is 3.30. The van der Waals surface area contributed by atoms with E-state index in [9.17, 15) is 10.1 Å². The minimum Gasteiger partial charge on any atom is -0.385 e. The van der Waals surface area contributed by atoms with E-state index in [-0.39, 0.29) is 10.6 Å². The number of unbranched alkanes of at least 4 members (excludes halogenated alkanes) is 1. The predicted molar refractivity (Wildman–Crippen MR) is 88.3 cm³/mol. The second kappa shape index (κ2) is 7.97. The molecule has 22 heavy (non-hydrogen) atoms. The van der Waals surface area contributed by atoms with Gasteiger partial charge in [-0.3, -0.25) is 10.1 Å². The fourth-order valence-corrected chi connectivity index (χ4v) is 2.14. The van der Waals surface area contributed by atoms with Crippen molar-refractivity contribution in [3.63, 3.8) is 0 Å². The first-order valence-electron chi connectivity index (χ1n) is 7.30. The van der Waals surface area contributed by atoms with Gasteiger partial charge in [0.15, 0.2) is 0 Å². The van der Waals surface area contributed by atoms with Crippen LogP contribution in [0.1, 0.15) is 18.4 Å². The molecule has 6 nitrogen and oxygen atoms in total. The summed E-state index contributed by atoms with van der Waals surface area (Å²) in [6.07, 6.45) is 3.80. The Balaban J connectivity index is 1.66. The molecule has 0 amide bonds. The van der Waals surface area contributed by atoms with Gasteiger partial charge >= 0.3 is 0 Å². The Hall–Kier alpha value is -2.63. The predicted octanol–water partition coefficient (Wildman–Crippen LogP) is 3.60. The molecule has 0 saturated heterocycles. The molecule has 0 aliphatic carbocycles. The average Bonchev–Trinajstić information content (AvgIpc) is 2.51. The van der Waals surface area contributed by atoms with Crippen molar-refractivity contribution in [1.29, 1.82) is 0 Å². The maximum absolute atomic E-state index is 10.8. The second-order valence-electron chi connectivity index (χ2n) is 5.03. The fourth-order valence-electron chi connectivity index (χ4n) is 2.14. The molecule has 0 radical (unpaired) electrons. The molecule has 1 aromatic heterocycles. The molecule has 0 aliphatic heterocycles. The quantitative estimate of drug-likeness (QED) is 0.442. The number of pyridine rings is 1. The molecule has 0 spiro atoms. The number of benzene rings is 1. The maximum atomic E-state index is 10.8. The van der Waals surface area contributed by atoms with E-state index < -0.39 is 0 Å². The topological polar surface area (TPSA) is 80.1 Å². The van der Waals surface area contributed by atoms with E-state index in [0.29, 0.717) is 5.56 Å². The number of hydrogen-bond acceptors (Lipinski definition) is 5. The van der Waals surface area contributed by atoms with Crippen LogP contribution in [0.25, 0.3) is 0 Å². The van der Waals surface area contributed by atoms with Gasteiger partial charge in [0.05, 0.1) is 4.92 Å². The van der Waals surface area contributed by atoms with Gasteiger partial charge in [-0.25, -0.2) is 4.98 Å². The van der Waals surface area contributed by atoms with Gasteiger partial charge in [0.1, 0.15) is 5.82 Å². The van der Waals surface area contributed by atoms with E-state index in [1.807, 2.05) is 24.3 Å². The Morgan fingerprint density at radius 1 is 1.14 bits per heavy atom. The van der Waals surface area contributed by atoms with Crippen LogP contribution in [-0.4, -0.2) is 23.0 Å². The third-order valence-corrected chi connectivity index (χ3v) is 3.30. The first-order valence-corrected chi connectivity index (χ1v) is 7.30. The van der Waals surface area contributed by atoms with Crippen molar-refractivity contribution in [2.24, 2.45) is 0 Å². The first kappa shape index (κ1) is 15.8. The molecular formula is C16H20N4O2. The number of aryl methyl sites for hydroxylation is 1. The largest absolute Gasteiger partial charge is 0.385 e. The molecule has 2 rings (SSSR count). The Labute approximate surface area is 129 Å². The van der Waals surface area contributed by atoms with Gasteiger partial charge in [0.25, 0.3) is 5.69 Å². The third kappa shape index (κ3) is 4.73. The number of nitrogens with one attached hydrogen (secondary N) is 2. The Morgan fingerprint density at radius 2 is 1.91 bits per heavy atom. The van der Waals surface area contributed by atoms with Crippen LogP contribution in [0.4, 0.5) is 17.2 Å². The molecule has 1 aromatic carbocycles. The highest BCUT2D eigenvalue weighted by atomic mass is 16.6. The Kier molecular flexibility index (Phi) is 5.71. The summed E-state index contributed by atoms with van der Waals surface area (Å²) in [6.45, 7) is 3.46. The highest BCUT2D eigenvalue weighted by Gasteiger charge is 2.09. The minimum absolute atomic E-state index is 0.158. The van der Waals surface area contributed by atoms with Crippen LogP contribution in [0.15, 0.2) is 42.6 Å². The lowest BCUT2D eigenvalue weighted by molar-refractivity contribution is -0.385. The highest BCUT2D eigenvalue weighted by Crippen LogP contribution is 2.21. The molecule has 0 aliphatic rings. The fraction of sp³-hybridized carbons (Fsp3) is 0.312. The lowest BCUT2D eigenvalue weighted by Gasteiger charge is -2.08. The van der Waals surface area contributed by atoms with Crippen molar-refractivity contribution in [2.45, 2.75) is 19.8 Å². The zero-order valence-electron chi connectivity index (χ0n) is 12.6. The first-order chi connectivity index (χ1) is 10.7. The van der Waals surface area contributed by atoms with Crippen LogP contribution in [0.5, 0.6) is 0 Å². The summed E-state index contributed by atoms with van der Waals surface area (Å²) >= 11 is 0. The van der Waals surface area contributed by atoms with E-state index in [1.165, 1.54) is 0 Å². The summed E-state index contributed by atoms with van der Waals surface area (Å²) in [4.78, 5) is 14.6. The molecule has 2 aromatic rings. The lowest BCUT2D eigenvalue weighted by Crippen LogP contribution is -2.07. The SMILES string of the molecule is Cc1cc(NCCCCNc2ccccn2)ccc1[N+](=O)[O-]. The summed E-state index contributed by atoms with van der Waals surface area (Å²) in [5, 5.41) is 17.3. The van der Waals surface area contributed by atoms with Crippen molar-refractivity contribution in [3.8, 4) is 0 Å². The smallest absolute Gasteiger partial charge is 0.272 e. The Bertz CT molecular complexity index is 617. The molecule has 0 bridgehead atoms. The van der Waals surface area contributed by atoms with E-state index in [1.54, 1.807) is 25.3 Å². The minimum atomic E-state index is -0.359. The van der Waals surface area contributed by atoms with Crippen LogP contribution in [0.2, 0.25) is 0 Å². The normalized spacial score (nSPS) is 10.2. The van der Waals surface area contributed by atoms with E-state index >= 15 is 0 Å². The number of anilines is 2. The number of nitro benzene ring substituents is 1. The molecule has 0 unspecified atom stereocenters. The van der Waals surface area contributed by atoms with Crippen molar-refractivity contribution < 1.29 is 4.92 Å². The van der Waals surface area contributed by atoms with Gasteiger partial charge < -0.3 is 10.6 Å². The molecule has 0 fully saturated rings. The number of nitrogens with zero attached hydrogens (tertiary/aromatic N) is 2. The standard InChI is InChI=1S/C16H20N4O2/c1-13-12-14(7-8-15(13)20(21)22)17-9-4-5-11-19-16-6-2-3-10-18-16/h2-3,6-8,10,12,17H,4-5,9,11H2,1H3,(H,18,19). The number of rotatable bonds is 8. The van der Waals surface area contributed by atoms with E-state index in [2.05, 4.69) is 15.6 Å². The number of aromatic nitrogens is 1. The lowest BCUT2D eigenvalue weighted by atomic mass is 10.2. The van der Waals surface area contributed by atoms with Gasteiger partial charge in [0.2, 0.25) is 0 Å². The van der Waals surface area contributed by atoms with Crippen molar-refractivity contribution in [2.75, 3.05) is 23.7 Å². The van der Waals surface area contributed by atoms with Gasteiger partial charge in [-0.15, -0.1) is 0 Å². The zero-order valence-corrected chi connectivity index (χ0v) is 12.6. The summed E-state index contributed by atoms with van der Waals surface area (Å²) in [5.41, 5.74) is 1.75. The molecule has 0 saturated carbocycles. The molecule has 1 heterocycles. The Morgan fingerprint density at radius 3 is 2.55 bits per heavy atom.